The molecule has 34 heavy (non-hydrogen) atoms. The van der Waals surface area contributed by atoms with Gasteiger partial charge in [-0.25, -0.2) is 9.37 Å². The lowest BCUT2D eigenvalue weighted by Gasteiger charge is -2.30. The number of benzene rings is 2. The van der Waals surface area contributed by atoms with Gasteiger partial charge in [-0.1, -0.05) is 24.6 Å². The molecule has 6 nitrogen and oxygen atoms in total. The number of imidazole rings is 1. The van der Waals surface area contributed by atoms with Gasteiger partial charge < -0.3 is 19.8 Å². The third kappa shape index (κ3) is 3.41. The van der Waals surface area contributed by atoms with Crippen molar-refractivity contribution in [1.29, 1.82) is 0 Å². The van der Waals surface area contributed by atoms with Gasteiger partial charge in [0.1, 0.15) is 6.67 Å². The number of fused-ring (bicyclic) bond motifs is 3. The van der Waals surface area contributed by atoms with Crippen LogP contribution < -0.4 is 5.73 Å². The molecule has 7 heteroatoms. The second kappa shape index (κ2) is 8.24. The van der Waals surface area contributed by atoms with Crippen LogP contribution in [0.2, 0.25) is 0 Å². The first-order chi connectivity index (χ1) is 16.5. The van der Waals surface area contributed by atoms with Crippen LogP contribution in [0.25, 0.3) is 33.5 Å². The average Bonchev–Trinajstić information content (AvgIpc) is 3.34. The van der Waals surface area contributed by atoms with Crippen LogP contribution in [0, 0.1) is 5.92 Å². The molecule has 1 aliphatic heterocycles. The molecule has 6 rings (SSSR count). The third-order valence-corrected chi connectivity index (χ3v) is 7.63. The van der Waals surface area contributed by atoms with Gasteiger partial charge in [-0.2, -0.15) is 0 Å². The van der Waals surface area contributed by atoms with Gasteiger partial charge >= 0.3 is 0 Å². The molecule has 1 atom stereocenters. The number of nitrogens with two attached hydrogens (primary N) is 1. The molecule has 2 aliphatic rings. The Balaban J connectivity index is 1.44. The fourth-order valence-electron chi connectivity index (χ4n) is 5.48. The second-order valence-electron chi connectivity index (χ2n) is 9.90. The Morgan fingerprint density at radius 3 is 2.76 bits per heavy atom. The maximum atomic E-state index is 13.1. The van der Waals surface area contributed by atoms with Crippen LogP contribution in [-0.4, -0.2) is 50.7 Å². The molecule has 3 heterocycles. The minimum absolute atomic E-state index is 0.0849. The summed E-state index contributed by atoms with van der Waals surface area (Å²) < 4.78 is 17.5. The normalized spacial score (nSPS) is 17.4. The maximum Gasteiger partial charge on any atom is 0.254 e. The summed E-state index contributed by atoms with van der Waals surface area (Å²) in [5, 5.41) is 1.22. The standard InChI is InChI=1S/C27H30FN5O/c1-31-24-11-18-9-10-32(16-20(29)14-28)27(34)21(18)13-22(24)30-26(31)25-12-19-7-2-3-8-23(19)33(25)15-17-5-4-6-17/h2-3,7-8,11-13,17,20H,4-6,9-10,14-16,29H2,1H3/t20-/m1/s1. The zero-order valence-corrected chi connectivity index (χ0v) is 19.5. The number of nitrogens with zero attached hydrogens (tertiary/aromatic N) is 4. The number of aromatic nitrogens is 3. The molecule has 1 saturated carbocycles. The van der Waals surface area contributed by atoms with Crippen molar-refractivity contribution < 1.29 is 9.18 Å². The lowest BCUT2D eigenvalue weighted by Crippen LogP contribution is -2.45. The van der Waals surface area contributed by atoms with Gasteiger partial charge in [0.2, 0.25) is 0 Å². The lowest BCUT2D eigenvalue weighted by atomic mass is 9.85. The summed E-state index contributed by atoms with van der Waals surface area (Å²) in [4.78, 5) is 19.8. The molecule has 2 N–H and O–H groups in total. The predicted octanol–water partition coefficient (Wildman–Crippen LogP) is 4.29. The highest BCUT2D eigenvalue weighted by atomic mass is 19.1. The molecule has 0 saturated heterocycles. The first-order valence-corrected chi connectivity index (χ1v) is 12.2. The van der Waals surface area contributed by atoms with Crippen molar-refractivity contribution in [3.63, 3.8) is 0 Å². The number of hydrogen-bond donors (Lipinski definition) is 1. The van der Waals surface area contributed by atoms with Crippen LogP contribution in [0.4, 0.5) is 4.39 Å². The molecule has 2 aromatic heterocycles. The monoisotopic (exact) mass is 459 g/mol. The fraction of sp³-hybridized carbons (Fsp3) is 0.407. The van der Waals surface area contributed by atoms with Crippen molar-refractivity contribution in [2.24, 2.45) is 18.7 Å². The van der Waals surface area contributed by atoms with E-state index in [-0.39, 0.29) is 12.5 Å². The molecule has 0 bridgehead atoms. The first-order valence-electron chi connectivity index (χ1n) is 12.2. The number of aryl methyl sites for hydroxylation is 1. The molecule has 0 unspecified atom stereocenters. The van der Waals surface area contributed by atoms with E-state index in [0.29, 0.717) is 12.1 Å². The summed E-state index contributed by atoms with van der Waals surface area (Å²) in [5.74, 6) is 1.55. The number of hydrogen-bond acceptors (Lipinski definition) is 3. The Hall–Kier alpha value is -3.19. The minimum atomic E-state index is -0.645. The smallest absolute Gasteiger partial charge is 0.254 e. The van der Waals surface area contributed by atoms with Crippen molar-refractivity contribution in [1.82, 2.24) is 19.0 Å². The third-order valence-electron chi connectivity index (χ3n) is 7.63. The average molecular weight is 460 g/mol. The van der Waals surface area contributed by atoms with Crippen molar-refractivity contribution in [3.8, 4) is 11.5 Å². The summed E-state index contributed by atoms with van der Waals surface area (Å²) in [6.45, 7) is 1.17. The molecule has 1 amide bonds. The van der Waals surface area contributed by atoms with E-state index in [1.807, 2.05) is 6.07 Å². The zero-order chi connectivity index (χ0) is 23.4. The van der Waals surface area contributed by atoms with Gasteiger partial charge in [0.05, 0.1) is 22.8 Å². The van der Waals surface area contributed by atoms with Crippen molar-refractivity contribution >= 4 is 27.8 Å². The van der Waals surface area contributed by atoms with E-state index < -0.39 is 12.7 Å². The van der Waals surface area contributed by atoms with E-state index in [2.05, 4.69) is 52.6 Å². The van der Waals surface area contributed by atoms with Gasteiger partial charge in [0, 0.05) is 43.1 Å². The summed E-state index contributed by atoms with van der Waals surface area (Å²) >= 11 is 0. The minimum Gasteiger partial charge on any atom is -0.338 e. The maximum absolute atomic E-state index is 13.1. The number of para-hydroxylation sites is 1. The van der Waals surface area contributed by atoms with Crippen LogP contribution in [0.5, 0.6) is 0 Å². The van der Waals surface area contributed by atoms with Gasteiger partial charge in [0.25, 0.3) is 5.91 Å². The number of amides is 1. The van der Waals surface area contributed by atoms with E-state index in [0.717, 1.165) is 47.0 Å². The molecular weight excluding hydrogens is 429 g/mol. The van der Waals surface area contributed by atoms with Crippen LogP contribution in [0.3, 0.4) is 0 Å². The molecule has 0 radical (unpaired) electrons. The van der Waals surface area contributed by atoms with Gasteiger partial charge in [-0.3, -0.25) is 4.79 Å². The van der Waals surface area contributed by atoms with Crippen molar-refractivity contribution in [3.05, 3.63) is 53.6 Å². The fourth-order valence-corrected chi connectivity index (χ4v) is 5.48. The molecule has 4 aromatic rings. The van der Waals surface area contributed by atoms with Crippen molar-refractivity contribution in [2.75, 3.05) is 19.8 Å². The van der Waals surface area contributed by atoms with Gasteiger partial charge in [0.15, 0.2) is 5.82 Å². The highest BCUT2D eigenvalue weighted by Gasteiger charge is 2.28. The number of rotatable bonds is 6. The number of alkyl halides is 1. The van der Waals surface area contributed by atoms with Crippen LogP contribution in [-0.2, 0) is 20.0 Å². The first kappa shape index (κ1) is 21.4. The van der Waals surface area contributed by atoms with E-state index in [4.69, 9.17) is 10.7 Å². The molecule has 0 spiro atoms. The largest absolute Gasteiger partial charge is 0.338 e. The van der Waals surface area contributed by atoms with Gasteiger partial charge in [-0.15, -0.1) is 0 Å². The summed E-state index contributed by atoms with van der Waals surface area (Å²) in [5.41, 5.74) is 11.6. The van der Waals surface area contributed by atoms with E-state index >= 15 is 0 Å². The molecule has 1 fully saturated rings. The van der Waals surface area contributed by atoms with Gasteiger partial charge in [-0.05, 0) is 55.0 Å². The van der Waals surface area contributed by atoms with E-state index in [1.165, 1.54) is 30.2 Å². The highest BCUT2D eigenvalue weighted by molar-refractivity contribution is 6.00. The van der Waals surface area contributed by atoms with Crippen LogP contribution in [0.15, 0.2) is 42.5 Å². The molecule has 1 aliphatic carbocycles. The Kier molecular flexibility index (Phi) is 5.17. The zero-order valence-electron chi connectivity index (χ0n) is 19.5. The molecule has 2 aromatic carbocycles. The highest BCUT2D eigenvalue weighted by Crippen LogP contribution is 2.35. The Morgan fingerprint density at radius 2 is 2.00 bits per heavy atom. The number of halogens is 1. The Bertz CT molecular complexity index is 1400. The summed E-state index contributed by atoms with van der Waals surface area (Å²) in [6.07, 6.45) is 4.62. The molecule has 176 valence electrons. The topological polar surface area (TPSA) is 69.1 Å². The lowest BCUT2D eigenvalue weighted by molar-refractivity contribution is 0.0725. The van der Waals surface area contributed by atoms with E-state index in [9.17, 15) is 9.18 Å². The number of carbonyl (C=O) groups excluding carboxylic acids is 1. The van der Waals surface area contributed by atoms with E-state index in [1.54, 1.807) is 4.90 Å². The van der Waals surface area contributed by atoms with Crippen LogP contribution in [0.1, 0.15) is 35.2 Å². The Labute approximate surface area is 198 Å². The number of carbonyl (C=O) groups is 1. The SMILES string of the molecule is Cn1c(-c2cc3ccccc3n2CC2CCC2)nc2cc3c(cc21)CCN(C[C@H](N)CF)C3=O. The Morgan fingerprint density at radius 1 is 1.18 bits per heavy atom. The van der Waals surface area contributed by atoms with Crippen molar-refractivity contribution in [2.45, 2.75) is 38.3 Å². The summed E-state index contributed by atoms with van der Waals surface area (Å²) in [6, 6.07) is 14.1. The molecular formula is C27H30FN5O. The van der Waals surface area contributed by atoms with Crippen LogP contribution >= 0.6 is 0 Å². The second-order valence-corrected chi connectivity index (χ2v) is 9.90. The quantitative estimate of drug-likeness (QED) is 0.468. The predicted molar refractivity (Wildman–Crippen MR) is 133 cm³/mol. The summed E-state index contributed by atoms with van der Waals surface area (Å²) in [7, 11) is 2.06.